The first kappa shape index (κ1) is 21.2. The molecule has 7 nitrogen and oxygen atoms in total. The van der Waals surface area contributed by atoms with Crippen LogP contribution in [0.15, 0.2) is 48.9 Å². The number of nitrogens with one attached hydrogen (secondary N) is 2. The highest BCUT2D eigenvalue weighted by atomic mass is 35.5. The summed E-state index contributed by atoms with van der Waals surface area (Å²) in [4.78, 5) is 30.8. The van der Waals surface area contributed by atoms with Crippen molar-refractivity contribution in [1.29, 1.82) is 0 Å². The molecule has 2 amide bonds. The zero-order chi connectivity index (χ0) is 20.5. The first-order valence-electron chi connectivity index (χ1n) is 8.09. The van der Waals surface area contributed by atoms with Crippen LogP contribution in [0.25, 0.3) is 0 Å². The lowest BCUT2D eigenvalue weighted by molar-refractivity contribution is -0.122. The predicted octanol–water partition coefficient (Wildman–Crippen LogP) is 2.90. The summed E-state index contributed by atoms with van der Waals surface area (Å²) in [7, 11) is 0. The minimum absolute atomic E-state index is 0.0876. The number of carbonyl (C=O) groups excluding carboxylic acids is 2. The van der Waals surface area contributed by atoms with Gasteiger partial charge in [0.05, 0.1) is 12.4 Å². The maximum absolute atomic E-state index is 12.4. The maximum Gasteiger partial charge on any atom is 0.281 e. The lowest BCUT2D eigenvalue weighted by Gasteiger charge is -2.10. The fourth-order valence-corrected chi connectivity index (χ4v) is 2.09. The van der Waals surface area contributed by atoms with Gasteiger partial charge in [0.25, 0.3) is 18.2 Å². The highest BCUT2D eigenvalue weighted by Gasteiger charge is 2.12. The van der Waals surface area contributed by atoms with Crippen LogP contribution in [0.1, 0.15) is 29.0 Å². The SMILES string of the molecule is C=C(CCNC(=O)c1cnc(C(F)F)cn1)NC(=O)COc1ccc(Cl)cc1. The predicted molar refractivity (Wildman–Crippen MR) is 98.2 cm³/mol. The van der Waals surface area contributed by atoms with E-state index in [-0.39, 0.29) is 25.3 Å². The second-order valence-electron chi connectivity index (χ2n) is 5.53. The van der Waals surface area contributed by atoms with E-state index in [9.17, 15) is 18.4 Å². The maximum atomic E-state index is 12.4. The molecule has 148 valence electrons. The van der Waals surface area contributed by atoms with Crippen LogP contribution in [0.5, 0.6) is 5.75 Å². The molecule has 1 aromatic carbocycles. The van der Waals surface area contributed by atoms with Gasteiger partial charge in [-0.05, 0) is 24.3 Å². The van der Waals surface area contributed by atoms with Crippen LogP contribution < -0.4 is 15.4 Å². The van der Waals surface area contributed by atoms with Crippen molar-refractivity contribution < 1.29 is 23.1 Å². The molecule has 0 saturated carbocycles. The van der Waals surface area contributed by atoms with Crippen LogP contribution in [0.2, 0.25) is 5.02 Å². The molecule has 0 spiro atoms. The third-order valence-electron chi connectivity index (χ3n) is 3.34. The number of alkyl halides is 2. The van der Waals surface area contributed by atoms with Gasteiger partial charge in [0.2, 0.25) is 0 Å². The monoisotopic (exact) mass is 410 g/mol. The number of aromatic nitrogens is 2. The summed E-state index contributed by atoms with van der Waals surface area (Å²) >= 11 is 5.76. The number of amides is 2. The molecule has 1 aromatic heterocycles. The second-order valence-corrected chi connectivity index (χ2v) is 5.96. The van der Waals surface area contributed by atoms with Crippen molar-refractivity contribution in [2.75, 3.05) is 13.2 Å². The first-order chi connectivity index (χ1) is 13.3. The number of hydrogen-bond donors (Lipinski definition) is 2. The van der Waals surface area contributed by atoms with Gasteiger partial charge in [-0.2, -0.15) is 0 Å². The molecule has 1 heterocycles. The van der Waals surface area contributed by atoms with Crippen molar-refractivity contribution in [2.24, 2.45) is 0 Å². The first-order valence-corrected chi connectivity index (χ1v) is 8.47. The molecule has 0 unspecified atom stereocenters. The number of carbonyl (C=O) groups is 2. The number of benzene rings is 1. The molecular weight excluding hydrogens is 394 g/mol. The van der Waals surface area contributed by atoms with Gasteiger partial charge < -0.3 is 15.4 Å². The van der Waals surface area contributed by atoms with E-state index < -0.39 is 23.9 Å². The van der Waals surface area contributed by atoms with Gasteiger partial charge in [0.15, 0.2) is 6.61 Å². The molecule has 0 aliphatic heterocycles. The van der Waals surface area contributed by atoms with Gasteiger partial charge >= 0.3 is 0 Å². The van der Waals surface area contributed by atoms with Crippen LogP contribution in [0.3, 0.4) is 0 Å². The molecular formula is C18H17ClF2N4O3. The Labute approximate surface area is 164 Å². The number of hydrogen-bond acceptors (Lipinski definition) is 5. The molecule has 10 heteroatoms. The summed E-state index contributed by atoms with van der Waals surface area (Å²) in [5.74, 6) is -0.477. The molecule has 0 fully saturated rings. The van der Waals surface area contributed by atoms with E-state index in [1.165, 1.54) is 0 Å². The fraction of sp³-hybridized carbons (Fsp3) is 0.222. The number of halogens is 3. The second kappa shape index (κ2) is 10.3. The summed E-state index contributed by atoms with van der Waals surface area (Å²) in [5, 5.41) is 5.64. The Balaban J connectivity index is 1.67. The zero-order valence-corrected chi connectivity index (χ0v) is 15.4. The number of rotatable bonds is 9. The summed E-state index contributed by atoms with van der Waals surface area (Å²) in [6.07, 6.45) is -0.665. The fourth-order valence-electron chi connectivity index (χ4n) is 1.96. The topological polar surface area (TPSA) is 93.2 Å². The van der Waals surface area contributed by atoms with Crippen LogP contribution in [-0.2, 0) is 4.79 Å². The molecule has 0 radical (unpaired) electrons. The van der Waals surface area contributed by atoms with Gasteiger partial charge in [-0.25, -0.2) is 13.8 Å². The van der Waals surface area contributed by atoms with Gasteiger partial charge in [-0.3, -0.25) is 14.6 Å². The Morgan fingerprint density at radius 1 is 1.18 bits per heavy atom. The van der Waals surface area contributed by atoms with Gasteiger partial charge in [-0.1, -0.05) is 18.2 Å². The largest absolute Gasteiger partial charge is 0.484 e. The van der Waals surface area contributed by atoms with Crippen molar-refractivity contribution in [3.8, 4) is 5.75 Å². The standard InChI is InChI=1S/C18H17ClF2N4O3/c1-11(25-16(26)10-28-13-4-2-12(19)3-5-13)6-7-22-18(27)15-9-23-14(8-24-15)17(20)21/h2-5,8-9,17H,1,6-7,10H2,(H,22,27)(H,25,26). The Hall–Kier alpha value is -3.07. The van der Waals surface area contributed by atoms with Crippen molar-refractivity contribution in [1.82, 2.24) is 20.6 Å². The van der Waals surface area contributed by atoms with Crippen molar-refractivity contribution in [2.45, 2.75) is 12.8 Å². The van der Waals surface area contributed by atoms with Crippen LogP contribution >= 0.6 is 11.6 Å². The van der Waals surface area contributed by atoms with E-state index in [1.54, 1.807) is 24.3 Å². The normalized spacial score (nSPS) is 10.4. The summed E-state index contributed by atoms with van der Waals surface area (Å²) in [6, 6.07) is 6.55. The zero-order valence-electron chi connectivity index (χ0n) is 14.6. The minimum atomic E-state index is -2.75. The van der Waals surface area contributed by atoms with Crippen molar-refractivity contribution in [3.05, 3.63) is 65.3 Å². The Bertz CT molecular complexity index is 830. The molecule has 2 rings (SSSR count). The molecule has 0 saturated heterocycles. The third-order valence-corrected chi connectivity index (χ3v) is 3.59. The molecule has 0 bridgehead atoms. The number of ether oxygens (including phenoxy) is 1. The van der Waals surface area contributed by atoms with Gasteiger partial charge in [0, 0.05) is 23.7 Å². The average molecular weight is 411 g/mol. The highest BCUT2D eigenvalue weighted by Crippen LogP contribution is 2.15. The third kappa shape index (κ3) is 6.92. The lowest BCUT2D eigenvalue weighted by atomic mass is 10.3. The minimum Gasteiger partial charge on any atom is -0.484 e. The van der Waals surface area contributed by atoms with E-state index in [0.29, 0.717) is 16.5 Å². The van der Waals surface area contributed by atoms with E-state index >= 15 is 0 Å². The van der Waals surface area contributed by atoms with Gasteiger partial charge in [-0.15, -0.1) is 0 Å². The van der Waals surface area contributed by atoms with Crippen LogP contribution in [0, 0.1) is 0 Å². The van der Waals surface area contributed by atoms with Crippen LogP contribution in [-0.4, -0.2) is 34.9 Å². The molecule has 0 atom stereocenters. The number of nitrogens with zero attached hydrogens (tertiary/aromatic N) is 2. The smallest absolute Gasteiger partial charge is 0.281 e. The van der Waals surface area contributed by atoms with E-state index in [1.807, 2.05) is 0 Å². The Morgan fingerprint density at radius 3 is 2.50 bits per heavy atom. The van der Waals surface area contributed by atoms with Gasteiger partial charge in [0.1, 0.15) is 17.1 Å². The lowest BCUT2D eigenvalue weighted by Crippen LogP contribution is -2.31. The molecule has 0 aliphatic carbocycles. The van der Waals surface area contributed by atoms with Crippen LogP contribution in [0.4, 0.5) is 8.78 Å². The summed E-state index contributed by atoms with van der Waals surface area (Å²) in [5.41, 5.74) is -0.215. The molecule has 2 N–H and O–H groups in total. The Morgan fingerprint density at radius 2 is 1.89 bits per heavy atom. The summed E-state index contributed by atoms with van der Waals surface area (Å²) in [6.45, 7) is 3.65. The average Bonchev–Trinajstić information content (AvgIpc) is 2.67. The molecule has 2 aromatic rings. The molecule has 28 heavy (non-hydrogen) atoms. The highest BCUT2D eigenvalue weighted by molar-refractivity contribution is 6.30. The Kier molecular flexibility index (Phi) is 7.82. The quantitative estimate of drug-likeness (QED) is 0.663. The van der Waals surface area contributed by atoms with E-state index in [2.05, 4.69) is 27.2 Å². The molecule has 0 aliphatic rings. The van der Waals surface area contributed by atoms with Crippen molar-refractivity contribution in [3.63, 3.8) is 0 Å². The van der Waals surface area contributed by atoms with Crippen molar-refractivity contribution >= 4 is 23.4 Å². The van der Waals surface area contributed by atoms with E-state index in [0.717, 1.165) is 12.4 Å². The summed E-state index contributed by atoms with van der Waals surface area (Å²) < 4.78 is 30.1. The van der Waals surface area contributed by atoms with E-state index in [4.69, 9.17) is 16.3 Å².